The summed E-state index contributed by atoms with van der Waals surface area (Å²) in [6.45, 7) is 1.69. The molecule has 6 nitrogen and oxygen atoms in total. The summed E-state index contributed by atoms with van der Waals surface area (Å²) >= 11 is 0. The number of amides is 2. The highest BCUT2D eigenvalue weighted by Gasteiger charge is 2.09. The molecular formula is C22H19FN2O4. The van der Waals surface area contributed by atoms with E-state index in [9.17, 15) is 14.0 Å². The highest BCUT2D eigenvalue weighted by molar-refractivity contribution is 5.95. The van der Waals surface area contributed by atoms with Crippen molar-refractivity contribution < 1.29 is 23.5 Å². The second-order valence-corrected chi connectivity index (χ2v) is 6.19. The Labute approximate surface area is 167 Å². The van der Waals surface area contributed by atoms with Crippen molar-refractivity contribution in [2.75, 3.05) is 6.61 Å². The molecule has 0 aliphatic rings. The minimum atomic E-state index is -0.490. The van der Waals surface area contributed by atoms with Crippen molar-refractivity contribution in [1.29, 1.82) is 0 Å². The highest BCUT2D eigenvalue weighted by Crippen LogP contribution is 2.21. The van der Waals surface area contributed by atoms with Gasteiger partial charge in [-0.15, -0.1) is 0 Å². The molecular weight excluding hydrogens is 375 g/mol. The summed E-state index contributed by atoms with van der Waals surface area (Å²) in [4.78, 5) is 23.9. The van der Waals surface area contributed by atoms with Crippen LogP contribution >= 0.6 is 0 Å². The van der Waals surface area contributed by atoms with Crippen LogP contribution in [0.15, 0.2) is 72.8 Å². The first-order valence-electron chi connectivity index (χ1n) is 8.82. The Kier molecular flexibility index (Phi) is 6.42. The van der Waals surface area contributed by atoms with Crippen LogP contribution in [0.2, 0.25) is 0 Å². The minimum Gasteiger partial charge on any atom is -0.484 e. The van der Waals surface area contributed by atoms with Gasteiger partial charge in [0, 0.05) is 5.56 Å². The molecule has 0 atom stereocenters. The molecule has 2 amide bonds. The number of ether oxygens (including phenoxy) is 2. The molecule has 0 fully saturated rings. The molecule has 0 aromatic heterocycles. The van der Waals surface area contributed by atoms with Crippen molar-refractivity contribution in [1.82, 2.24) is 10.9 Å². The largest absolute Gasteiger partial charge is 0.484 e. The quantitative estimate of drug-likeness (QED) is 0.624. The molecule has 3 aromatic rings. The van der Waals surface area contributed by atoms with E-state index in [1.807, 2.05) is 19.1 Å². The van der Waals surface area contributed by atoms with Gasteiger partial charge >= 0.3 is 0 Å². The Bertz CT molecular complexity index is 988. The number of hydrazine groups is 1. The standard InChI is InChI=1S/C22H19FN2O4/c1-15-3-2-4-20(13-15)28-14-21(26)24-25-22(27)16-5-9-18(10-6-16)29-19-11-7-17(23)8-12-19/h2-13H,14H2,1H3,(H,24,26)(H,25,27). The maximum absolute atomic E-state index is 12.9. The summed E-state index contributed by atoms with van der Waals surface area (Å²) in [5.41, 5.74) is 5.96. The smallest absolute Gasteiger partial charge is 0.276 e. The van der Waals surface area contributed by atoms with E-state index in [0.717, 1.165) is 5.56 Å². The lowest BCUT2D eigenvalue weighted by atomic mass is 10.2. The minimum absolute atomic E-state index is 0.228. The fourth-order valence-electron chi connectivity index (χ4n) is 2.40. The Balaban J connectivity index is 1.46. The zero-order valence-corrected chi connectivity index (χ0v) is 15.6. The highest BCUT2D eigenvalue weighted by atomic mass is 19.1. The van der Waals surface area contributed by atoms with Crippen LogP contribution in [0.3, 0.4) is 0 Å². The molecule has 0 spiro atoms. The molecule has 0 saturated carbocycles. The van der Waals surface area contributed by atoms with Crippen molar-refractivity contribution in [3.63, 3.8) is 0 Å². The number of aryl methyl sites for hydroxylation is 1. The van der Waals surface area contributed by atoms with Crippen LogP contribution in [-0.2, 0) is 4.79 Å². The predicted molar refractivity (Wildman–Crippen MR) is 105 cm³/mol. The van der Waals surface area contributed by atoms with E-state index < -0.39 is 11.8 Å². The van der Waals surface area contributed by atoms with Gasteiger partial charge in [-0.2, -0.15) is 0 Å². The monoisotopic (exact) mass is 394 g/mol. The van der Waals surface area contributed by atoms with Crippen molar-refractivity contribution in [2.24, 2.45) is 0 Å². The van der Waals surface area contributed by atoms with Gasteiger partial charge in [0.2, 0.25) is 0 Å². The third kappa shape index (κ3) is 6.07. The summed E-state index contributed by atoms with van der Waals surface area (Å²) in [7, 11) is 0. The Morgan fingerprint density at radius 1 is 0.862 bits per heavy atom. The zero-order chi connectivity index (χ0) is 20.6. The van der Waals surface area contributed by atoms with Gasteiger partial charge in [-0.25, -0.2) is 4.39 Å². The van der Waals surface area contributed by atoms with Crippen LogP contribution in [0, 0.1) is 12.7 Å². The third-order valence-electron chi connectivity index (χ3n) is 3.84. The van der Waals surface area contributed by atoms with Gasteiger partial charge in [0.25, 0.3) is 11.8 Å². The molecule has 0 radical (unpaired) electrons. The number of carbonyl (C=O) groups is 2. The Hall–Kier alpha value is -3.87. The molecule has 0 aliphatic carbocycles. The average molecular weight is 394 g/mol. The molecule has 3 rings (SSSR count). The molecule has 0 aliphatic heterocycles. The summed E-state index contributed by atoms with van der Waals surface area (Å²) in [6, 6.07) is 19.2. The number of hydrogen-bond acceptors (Lipinski definition) is 4. The van der Waals surface area contributed by atoms with E-state index in [0.29, 0.717) is 22.8 Å². The molecule has 0 saturated heterocycles. The van der Waals surface area contributed by atoms with Gasteiger partial charge in [-0.05, 0) is 73.2 Å². The second kappa shape index (κ2) is 9.36. The first-order chi connectivity index (χ1) is 14.0. The summed E-state index contributed by atoms with van der Waals surface area (Å²) < 4.78 is 23.8. The number of benzene rings is 3. The molecule has 0 unspecified atom stereocenters. The van der Waals surface area contributed by atoms with Gasteiger partial charge in [0.1, 0.15) is 23.1 Å². The third-order valence-corrected chi connectivity index (χ3v) is 3.84. The van der Waals surface area contributed by atoms with Gasteiger partial charge < -0.3 is 9.47 Å². The topological polar surface area (TPSA) is 76.7 Å². The normalized spacial score (nSPS) is 10.1. The lowest BCUT2D eigenvalue weighted by Crippen LogP contribution is -2.43. The number of hydrogen-bond donors (Lipinski definition) is 2. The summed E-state index contributed by atoms with van der Waals surface area (Å²) in [5, 5.41) is 0. The summed E-state index contributed by atoms with van der Waals surface area (Å²) in [5.74, 6) is 0.213. The average Bonchev–Trinajstić information content (AvgIpc) is 2.73. The predicted octanol–water partition coefficient (Wildman–Crippen LogP) is 3.77. The van der Waals surface area contributed by atoms with Crippen LogP contribution in [0.25, 0.3) is 0 Å². The van der Waals surface area contributed by atoms with E-state index in [2.05, 4.69) is 10.9 Å². The van der Waals surface area contributed by atoms with Crippen LogP contribution in [0.5, 0.6) is 17.2 Å². The first-order valence-corrected chi connectivity index (χ1v) is 8.82. The first kappa shape index (κ1) is 19.9. The SMILES string of the molecule is Cc1cccc(OCC(=O)NNC(=O)c2ccc(Oc3ccc(F)cc3)cc2)c1. The van der Waals surface area contributed by atoms with Gasteiger partial charge in [-0.3, -0.25) is 20.4 Å². The van der Waals surface area contributed by atoms with E-state index in [4.69, 9.17) is 9.47 Å². The summed E-state index contributed by atoms with van der Waals surface area (Å²) in [6.07, 6.45) is 0. The number of halogens is 1. The van der Waals surface area contributed by atoms with Gasteiger partial charge in [0.15, 0.2) is 6.61 Å². The van der Waals surface area contributed by atoms with Crippen molar-refractivity contribution in [3.05, 3.63) is 89.7 Å². The van der Waals surface area contributed by atoms with Crippen molar-refractivity contribution >= 4 is 11.8 Å². The molecule has 29 heavy (non-hydrogen) atoms. The molecule has 2 N–H and O–H groups in total. The molecule has 0 bridgehead atoms. The van der Waals surface area contributed by atoms with Crippen LogP contribution < -0.4 is 20.3 Å². The molecule has 148 valence electrons. The van der Waals surface area contributed by atoms with Gasteiger partial charge in [-0.1, -0.05) is 12.1 Å². The molecule has 3 aromatic carbocycles. The maximum Gasteiger partial charge on any atom is 0.276 e. The fourth-order valence-corrected chi connectivity index (χ4v) is 2.40. The fraction of sp³-hybridized carbons (Fsp3) is 0.0909. The Morgan fingerprint density at radius 3 is 2.17 bits per heavy atom. The lowest BCUT2D eigenvalue weighted by Gasteiger charge is -2.10. The van der Waals surface area contributed by atoms with E-state index in [-0.39, 0.29) is 12.4 Å². The van der Waals surface area contributed by atoms with Crippen molar-refractivity contribution in [3.8, 4) is 17.2 Å². The van der Waals surface area contributed by atoms with E-state index >= 15 is 0 Å². The number of rotatable bonds is 6. The van der Waals surface area contributed by atoms with Crippen molar-refractivity contribution in [2.45, 2.75) is 6.92 Å². The van der Waals surface area contributed by atoms with Gasteiger partial charge in [0.05, 0.1) is 0 Å². The zero-order valence-electron chi connectivity index (χ0n) is 15.6. The van der Waals surface area contributed by atoms with Crippen LogP contribution in [0.4, 0.5) is 4.39 Å². The second-order valence-electron chi connectivity index (χ2n) is 6.19. The number of carbonyl (C=O) groups excluding carboxylic acids is 2. The lowest BCUT2D eigenvalue weighted by molar-refractivity contribution is -0.123. The van der Waals surface area contributed by atoms with E-state index in [1.165, 1.54) is 24.3 Å². The Morgan fingerprint density at radius 2 is 1.52 bits per heavy atom. The molecule has 0 heterocycles. The van der Waals surface area contributed by atoms with Crippen LogP contribution in [0.1, 0.15) is 15.9 Å². The van der Waals surface area contributed by atoms with Crippen LogP contribution in [-0.4, -0.2) is 18.4 Å². The maximum atomic E-state index is 12.9. The number of nitrogens with one attached hydrogen (secondary N) is 2. The van der Waals surface area contributed by atoms with E-state index in [1.54, 1.807) is 36.4 Å². The molecule has 7 heteroatoms.